The molecule has 0 bridgehead atoms. The highest BCUT2D eigenvalue weighted by molar-refractivity contribution is 7.28. The molecule has 0 amide bonds. The van der Waals surface area contributed by atoms with Gasteiger partial charge in [-0.25, -0.2) is 0 Å². The van der Waals surface area contributed by atoms with Gasteiger partial charge in [-0.2, -0.15) is 0 Å². The molecular formula is C18H10S2. The zero-order valence-electron chi connectivity index (χ0n) is 10.6. The molecule has 0 aliphatic rings. The molecule has 0 aliphatic carbocycles. The van der Waals surface area contributed by atoms with E-state index in [1.165, 1.54) is 40.3 Å². The van der Waals surface area contributed by atoms with Gasteiger partial charge in [-0.15, -0.1) is 22.7 Å². The Morgan fingerprint density at radius 1 is 0.450 bits per heavy atom. The van der Waals surface area contributed by atoms with Crippen molar-refractivity contribution < 1.29 is 0 Å². The first-order chi connectivity index (χ1) is 9.92. The molecule has 0 nitrogen and oxygen atoms in total. The fourth-order valence-corrected chi connectivity index (χ4v) is 5.26. The van der Waals surface area contributed by atoms with Gasteiger partial charge in [-0.1, -0.05) is 36.4 Å². The maximum atomic E-state index is 2.28. The van der Waals surface area contributed by atoms with Gasteiger partial charge in [0.2, 0.25) is 0 Å². The zero-order valence-corrected chi connectivity index (χ0v) is 12.2. The zero-order chi connectivity index (χ0) is 13.1. The van der Waals surface area contributed by atoms with Crippen molar-refractivity contribution in [2.24, 2.45) is 0 Å². The van der Waals surface area contributed by atoms with E-state index in [0.29, 0.717) is 0 Å². The molecule has 0 aliphatic heterocycles. The van der Waals surface area contributed by atoms with Gasteiger partial charge in [0, 0.05) is 40.3 Å². The molecule has 2 heteroatoms. The van der Waals surface area contributed by atoms with Gasteiger partial charge in [0.1, 0.15) is 0 Å². The lowest BCUT2D eigenvalue weighted by atomic mass is 10.1. The Bertz CT molecular complexity index is 1010. The lowest BCUT2D eigenvalue weighted by Crippen LogP contribution is -1.69. The highest BCUT2D eigenvalue weighted by Gasteiger charge is 2.12. The van der Waals surface area contributed by atoms with Crippen molar-refractivity contribution in [1.82, 2.24) is 0 Å². The summed E-state index contributed by atoms with van der Waals surface area (Å²) in [6.45, 7) is 0. The fourth-order valence-electron chi connectivity index (χ4n) is 3.03. The van der Waals surface area contributed by atoms with Crippen LogP contribution in [0.2, 0.25) is 0 Å². The van der Waals surface area contributed by atoms with Crippen molar-refractivity contribution in [2.75, 3.05) is 0 Å². The SMILES string of the molecule is c1ccc2c(c1)sc1ccc3sc4ccccc4c3c12. The molecule has 2 aromatic heterocycles. The summed E-state index contributed by atoms with van der Waals surface area (Å²) in [5.74, 6) is 0. The van der Waals surface area contributed by atoms with Gasteiger partial charge in [0.15, 0.2) is 0 Å². The Balaban J connectivity index is 2.19. The van der Waals surface area contributed by atoms with Crippen LogP contribution in [0.1, 0.15) is 0 Å². The Labute approximate surface area is 123 Å². The van der Waals surface area contributed by atoms with E-state index in [1.807, 2.05) is 22.7 Å². The van der Waals surface area contributed by atoms with Crippen molar-refractivity contribution >= 4 is 63.0 Å². The van der Waals surface area contributed by atoms with Crippen molar-refractivity contribution in [1.29, 1.82) is 0 Å². The van der Waals surface area contributed by atoms with Gasteiger partial charge < -0.3 is 0 Å². The topological polar surface area (TPSA) is 0 Å². The second-order valence-corrected chi connectivity index (χ2v) is 7.18. The molecule has 20 heavy (non-hydrogen) atoms. The molecule has 0 atom stereocenters. The molecule has 0 saturated heterocycles. The Hall–Kier alpha value is -1.90. The number of fused-ring (bicyclic) bond motifs is 7. The van der Waals surface area contributed by atoms with Gasteiger partial charge in [-0.05, 0) is 24.3 Å². The molecule has 94 valence electrons. The number of thiophene rings is 2. The van der Waals surface area contributed by atoms with Crippen molar-refractivity contribution in [2.45, 2.75) is 0 Å². The molecule has 5 rings (SSSR count). The number of rotatable bonds is 0. The first-order valence-electron chi connectivity index (χ1n) is 6.63. The average molecular weight is 290 g/mol. The normalized spacial score (nSPS) is 12.0. The van der Waals surface area contributed by atoms with Gasteiger partial charge in [-0.3, -0.25) is 0 Å². The fraction of sp³-hybridized carbons (Fsp3) is 0. The highest BCUT2D eigenvalue weighted by Crippen LogP contribution is 2.43. The lowest BCUT2D eigenvalue weighted by Gasteiger charge is -1.96. The highest BCUT2D eigenvalue weighted by atomic mass is 32.1. The molecule has 0 spiro atoms. The van der Waals surface area contributed by atoms with Crippen LogP contribution >= 0.6 is 22.7 Å². The Kier molecular flexibility index (Phi) is 2.07. The van der Waals surface area contributed by atoms with E-state index in [0.717, 1.165) is 0 Å². The van der Waals surface area contributed by atoms with E-state index in [2.05, 4.69) is 60.7 Å². The summed E-state index contributed by atoms with van der Waals surface area (Å²) in [7, 11) is 0. The second-order valence-electron chi connectivity index (χ2n) is 5.01. The third-order valence-electron chi connectivity index (χ3n) is 3.88. The predicted molar refractivity (Wildman–Crippen MR) is 92.2 cm³/mol. The van der Waals surface area contributed by atoms with Crippen LogP contribution in [0.15, 0.2) is 60.7 Å². The second kappa shape index (κ2) is 3.81. The Morgan fingerprint density at radius 2 is 0.900 bits per heavy atom. The van der Waals surface area contributed by atoms with Crippen molar-refractivity contribution in [3.8, 4) is 0 Å². The monoisotopic (exact) mass is 290 g/mol. The summed E-state index contributed by atoms with van der Waals surface area (Å²) in [4.78, 5) is 0. The molecule has 0 radical (unpaired) electrons. The summed E-state index contributed by atoms with van der Waals surface area (Å²) in [5.41, 5.74) is 0. The minimum absolute atomic E-state index is 1.38. The molecule has 3 aromatic carbocycles. The van der Waals surface area contributed by atoms with Crippen LogP contribution < -0.4 is 0 Å². The average Bonchev–Trinajstić information content (AvgIpc) is 3.04. The van der Waals surface area contributed by atoms with Crippen molar-refractivity contribution in [3.05, 3.63) is 60.7 Å². The van der Waals surface area contributed by atoms with Crippen LogP contribution in [-0.4, -0.2) is 0 Å². The van der Waals surface area contributed by atoms with E-state index in [1.54, 1.807) is 0 Å². The van der Waals surface area contributed by atoms with Crippen LogP contribution in [0.3, 0.4) is 0 Å². The van der Waals surface area contributed by atoms with Crippen LogP contribution in [0.25, 0.3) is 40.3 Å². The number of benzene rings is 3. The molecule has 0 fully saturated rings. The molecule has 0 saturated carbocycles. The molecular weight excluding hydrogens is 280 g/mol. The summed E-state index contributed by atoms with van der Waals surface area (Å²) in [6.07, 6.45) is 0. The smallest absolute Gasteiger partial charge is 0.0362 e. The van der Waals surface area contributed by atoms with Crippen LogP contribution in [0.4, 0.5) is 0 Å². The number of hydrogen-bond donors (Lipinski definition) is 0. The van der Waals surface area contributed by atoms with Gasteiger partial charge in [0.25, 0.3) is 0 Å². The minimum Gasteiger partial charge on any atom is -0.135 e. The first kappa shape index (κ1) is 10.8. The third-order valence-corrected chi connectivity index (χ3v) is 6.15. The molecule has 5 aromatic rings. The summed E-state index contributed by atoms with van der Waals surface area (Å²) in [6, 6.07) is 22.0. The van der Waals surface area contributed by atoms with E-state index >= 15 is 0 Å². The van der Waals surface area contributed by atoms with Crippen molar-refractivity contribution in [3.63, 3.8) is 0 Å². The minimum atomic E-state index is 1.38. The van der Waals surface area contributed by atoms with Gasteiger partial charge in [0.05, 0.1) is 0 Å². The van der Waals surface area contributed by atoms with Crippen LogP contribution in [0.5, 0.6) is 0 Å². The maximum Gasteiger partial charge on any atom is 0.0362 e. The largest absolute Gasteiger partial charge is 0.135 e. The predicted octanol–water partition coefficient (Wildman–Crippen LogP) is 6.42. The summed E-state index contributed by atoms with van der Waals surface area (Å²) in [5, 5.41) is 5.64. The van der Waals surface area contributed by atoms with E-state index in [-0.39, 0.29) is 0 Å². The molecule has 0 unspecified atom stereocenters. The molecule has 2 heterocycles. The number of hydrogen-bond acceptors (Lipinski definition) is 2. The summed E-state index contributed by atoms with van der Waals surface area (Å²) < 4.78 is 5.54. The van der Waals surface area contributed by atoms with Crippen LogP contribution in [0, 0.1) is 0 Å². The third kappa shape index (κ3) is 1.30. The maximum absolute atomic E-state index is 2.28. The first-order valence-corrected chi connectivity index (χ1v) is 8.26. The van der Waals surface area contributed by atoms with E-state index in [9.17, 15) is 0 Å². The summed E-state index contributed by atoms with van der Waals surface area (Å²) >= 11 is 3.79. The molecule has 0 N–H and O–H groups in total. The standard InChI is InChI=1S/C18H10S2/c1-3-7-13-11(5-1)17-15(19-13)9-10-16-18(17)12-6-2-4-8-14(12)20-16/h1-10H. The van der Waals surface area contributed by atoms with Gasteiger partial charge >= 0.3 is 0 Å². The lowest BCUT2D eigenvalue weighted by molar-refractivity contribution is 1.86. The van der Waals surface area contributed by atoms with E-state index in [4.69, 9.17) is 0 Å². The van der Waals surface area contributed by atoms with Crippen LogP contribution in [-0.2, 0) is 0 Å². The quantitative estimate of drug-likeness (QED) is 0.308. The van der Waals surface area contributed by atoms with E-state index < -0.39 is 0 Å². The Morgan fingerprint density at radius 3 is 1.40 bits per heavy atom.